The topological polar surface area (TPSA) is 113 Å². The van der Waals surface area contributed by atoms with E-state index in [1.807, 2.05) is 19.1 Å². The Labute approximate surface area is 125 Å². The molecule has 0 aliphatic heterocycles. The summed E-state index contributed by atoms with van der Waals surface area (Å²) in [5.41, 5.74) is -1.21. The van der Waals surface area contributed by atoms with Crippen LogP contribution in [0.2, 0.25) is 0 Å². The van der Waals surface area contributed by atoms with E-state index < -0.39 is 27.2 Å². The number of carbonyl (C=O) groups excluding carboxylic acids is 1. The molecule has 0 amide bonds. The van der Waals surface area contributed by atoms with Gasteiger partial charge in [0.15, 0.2) is 0 Å². The molecule has 0 spiro atoms. The number of allylic oxidation sites excluding steroid dienone is 2. The van der Waals surface area contributed by atoms with Crippen molar-refractivity contribution in [3.05, 3.63) is 56.1 Å². The van der Waals surface area contributed by atoms with E-state index in [4.69, 9.17) is 4.74 Å². The molecule has 1 aromatic carbocycles. The fourth-order valence-corrected chi connectivity index (χ4v) is 2.05. The zero-order valence-electron chi connectivity index (χ0n) is 11.8. The summed E-state index contributed by atoms with van der Waals surface area (Å²) in [5.74, 6) is -0.534. The predicted octanol–water partition coefficient (Wildman–Crippen LogP) is 3.01. The van der Waals surface area contributed by atoms with E-state index in [0.717, 1.165) is 31.0 Å². The lowest BCUT2D eigenvalue weighted by Gasteiger charge is -2.04. The lowest BCUT2D eigenvalue weighted by atomic mass is 10.2. The lowest BCUT2D eigenvalue weighted by molar-refractivity contribution is -0.394. The van der Waals surface area contributed by atoms with Gasteiger partial charge in [-0.1, -0.05) is 12.2 Å². The molecule has 0 aromatic heterocycles. The van der Waals surface area contributed by atoms with Gasteiger partial charge in [0, 0.05) is 18.1 Å². The maximum atomic E-state index is 12.0. The Morgan fingerprint density at radius 3 is 2.36 bits per heavy atom. The van der Waals surface area contributed by atoms with Crippen LogP contribution in [0.3, 0.4) is 0 Å². The highest BCUT2D eigenvalue weighted by Crippen LogP contribution is 2.38. The number of ether oxygens (including phenoxy) is 1. The summed E-state index contributed by atoms with van der Waals surface area (Å²) in [6.07, 6.45) is 5.16. The molecule has 1 aliphatic rings. The minimum absolute atomic E-state index is 0.183. The van der Waals surface area contributed by atoms with E-state index in [1.165, 1.54) is 0 Å². The maximum Gasteiger partial charge on any atom is 0.338 e. The molecule has 8 heteroatoms. The number of hydrogen-bond acceptors (Lipinski definition) is 6. The summed E-state index contributed by atoms with van der Waals surface area (Å²) in [5, 5.41) is 21.6. The quantitative estimate of drug-likeness (QED) is 0.345. The SMILES string of the molecule is C/C=C/C[C@@H]1C[C@H]1OC(=O)c1cc([N+](=O)[O-])cc([N+](=O)[O-])c1. The number of esters is 1. The van der Waals surface area contributed by atoms with Crippen molar-refractivity contribution >= 4 is 17.3 Å². The third kappa shape index (κ3) is 3.66. The second kappa shape index (κ2) is 6.33. The smallest absolute Gasteiger partial charge is 0.338 e. The summed E-state index contributed by atoms with van der Waals surface area (Å²) in [4.78, 5) is 32.0. The van der Waals surface area contributed by atoms with Crippen LogP contribution in [0.5, 0.6) is 0 Å². The van der Waals surface area contributed by atoms with Crippen molar-refractivity contribution in [2.45, 2.75) is 25.9 Å². The minimum Gasteiger partial charge on any atom is -0.458 e. The Balaban J connectivity index is 2.12. The third-order valence-corrected chi connectivity index (χ3v) is 3.35. The van der Waals surface area contributed by atoms with Crippen molar-refractivity contribution in [3.8, 4) is 0 Å². The Hall–Kier alpha value is -2.77. The molecule has 8 nitrogen and oxygen atoms in total. The number of nitro groups is 2. The molecule has 1 aliphatic carbocycles. The van der Waals surface area contributed by atoms with Gasteiger partial charge in [0.1, 0.15) is 6.10 Å². The van der Waals surface area contributed by atoms with E-state index in [-0.39, 0.29) is 17.6 Å². The van der Waals surface area contributed by atoms with Crippen LogP contribution in [-0.4, -0.2) is 21.9 Å². The van der Waals surface area contributed by atoms with Crippen LogP contribution in [0.1, 0.15) is 30.1 Å². The first-order chi connectivity index (χ1) is 10.4. The third-order valence-electron chi connectivity index (χ3n) is 3.35. The highest BCUT2D eigenvalue weighted by molar-refractivity contribution is 5.91. The Bertz CT molecular complexity index is 622. The molecule has 1 aromatic rings. The maximum absolute atomic E-state index is 12.0. The van der Waals surface area contributed by atoms with Crippen LogP contribution >= 0.6 is 0 Å². The van der Waals surface area contributed by atoms with Crippen molar-refractivity contribution in [1.29, 1.82) is 0 Å². The molecule has 0 saturated heterocycles. The molecule has 2 atom stereocenters. The first-order valence-electron chi connectivity index (χ1n) is 6.68. The molecule has 0 N–H and O–H groups in total. The highest BCUT2D eigenvalue weighted by atomic mass is 16.6. The fraction of sp³-hybridized carbons (Fsp3) is 0.357. The van der Waals surface area contributed by atoms with E-state index in [2.05, 4.69) is 0 Å². The monoisotopic (exact) mass is 306 g/mol. The molecule has 2 rings (SSSR count). The van der Waals surface area contributed by atoms with E-state index in [0.29, 0.717) is 0 Å². The molecule has 0 bridgehead atoms. The van der Waals surface area contributed by atoms with Crippen LogP contribution in [0.25, 0.3) is 0 Å². The fourth-order valence-electron chi connectivity index (χ4n) is 2.05. The highest BCUT2D eigenvalue weighted by Gasteiger charge is 2.40. The van der Waals surface area contributed by atoms with Gasteiger partial charge in [0.05, 0.1) is 21.5 Å². The Morgan fingerprint density at radius 1 is 1.27 bits per heavy atom. The first-order valence-corrected chi connectivity index (χ1v) is 6.68. The average molecular weight is 306 g/mol. The molecule has 0 heterocycles. The number of non-ortho nitro benzene ring substituents is 2. The van der Waals surface area contributed by atoms with Crippen LogP contribution in [0, 0.1) is 26.1 Å². The van der Waals surface area contributed by atoms with Gasteiger partial charge in [-0.15, -0.1) is 0 Å². The summed E-state index contributed by atoms with van der Waals surface area (Å²) in [6, 6.07) is 2.78. The molecule has 0 unspecified atom stereocenters. The largest absolute Gasteiger partial charge is 0.458 e. The van der Waals surface area contributed by atoms with Crippen molar-refractivity contribution < 1.29 is 19.4 Å². The van der Waals surface area contributed by atoms with Gasteiger partial charge in [-0.05, 0) is 19.8 Å². The first kappa shape index (κ1) is 15.6. The van der Waals surface area contributed by atoms with Gasteiger partial charge in [0.25, 0.3) is 11.4 Å². The van der Waals surface area contributed by atoms with E-state index in [1.54, 1.807) is 0 Å². The number of rotatable bonds is 6. The van der Waals surface area contributed by atoms with Crippen LogP contribution in [0.4, 0.5) is 11.4 Å². The second-order valence-electron chi connectivity index (χ2n) is 5.00. The van der Waals surface area contributed by atoms with Gasteiger partial charge < -0.3 is 4.74 Å². The lowest BCUT2D eigenvalue weighted by Crippen LogP contribution is -2.09. The van der Waals surface area contributed by atoms with Gasteiger partial charge >= 0.3 is 5.97 Å². The Morgan fingerprint density at radius 2 is 1.86 bits per heavy atom. The Kier molecular flexibility index (Phi) is 4.50. The van der Waals surface area contributed by atoms with E-state index in [9.17, 15) is 25.0 Å². The van der Waals surface area contributed by atoms with Gasteiger partial charge in [0.2, 0.25) is 0 Å². The summed E-state index contributed by atoms with van der Waals surface area (Å²) in [6.45, 7) is 1.89. The van der Waals surface area contributed by atoms with Gasteiger partial charge in [-0.25, -0.2) is 4.79 Å². The van der Waals surface area contributed by atoms with Crippen molar-refractivity contribution in [2.75, 3.05) is 0 Å². The summed E-state index contributed by atoms with van der Waals surface area (Å²) in [7, 11) is 0. The summed E-state index contributed by atoms with van der Waals surface area (Å²) < 4.78 is 5.21. The minimum atomic E-state index is -0.782. The normalized spacial score (nSPS) is 19.9. The predicted molar refractivity (Wildman–Crippen MR) is 76.5 cm³/mol. The molecule has 1 fully saturated rings. The number of nitro benzene ring substituents is 2. The van der Waals surface area contributed by atoms with Crippen LogP contribution in [0.15, 0.2) is 30.4 Å². The molecule has 0 radical (unpaired) electrons. The van der Waals surface area contributed by atoms with Crippen molar-refractivity contribution in [3.63, 3.8) is 0 Å². The average Bonchev–Trinajstić information content (AvgIpc) is 3.22. The van der Waals surface area contributed by atoms with Crippen molar-refractivity contribution in [1.82, 2.24) is 0 Å². The zero-order chi connectivity index (χ0) is 16.3. The zero-order valence-corrected chi connectivity index (χ0v) is 11.8. The molecule has 116 valence electrons. The molecular weight excluding hydrogens is 292 g/mol. The van der Waals surface area contributed by atoms with Gasteiger partial charge in [-0.2, -0.15) is 0 Å². The molecule has 1 saturated carbocycles. The van der Waals surface area contributed by atoms with Crippen LogP contribution in [-0.2, 0) is 4.74 Å². The van der Waals surface area contributed by atoms with Crippen LogP contribution < -0.4 is 0 Å². The van der Waals surface area contributed by atoms with Crippen molar-refractivity contribution in [2.24, 2.45) is 5.92 Å². The molecule has 22 heavy (non-hydrogen) atoms. The van der Waals surface area contributed by atoms with E-state index >= 15 is 0 Å². The second-order valence-corrected chi connectivity index (χ2v) is 5.00. The number of nitrogens with zero attached hydrogens (tertiary/aromatic N) is 2. The standard InChI is InChI=1S/C14H14N2O6/c1-2-3-4-9-7-13(9)22-14(17)10-5-11(15(18)19)8-12(6-10)16(20)21/h2-3,5-6,8-9,13H,4,7H2,1H3/b3-2+/t9-,13-/m1/s1. The number of benzene rings is 1. The number of hydrogen-bond donors (Lipinski definition) is 0. The number of carbonyl (C=O) groups is 1. The summed E-state index contributed by atoms with van der Waals surface area (Å²) >= 11 is 0. The van der Waals surface area contributed by atoms with Gasteiger partial charge in [-0.3, -0.25) is 20.2 Å². The molecular formula is C14H14N2O6.